The van der Waals surface area contributed by atoms with Crippen molar-refractivity contribution >= 4 is 60.0 Å². The van der Waals surface area contributed by atoms with Crippen LogP contribution in [0.3, 0.4) is 0 Å². The molecule has 0 aliphatic carbocycles. The van der Waals surface area contributed by atoms with E-state index >= 15 is 0 Å². The molecule has 1 saturated heterocycles. The largest absolute Gasteiger partial charge is 0.440 e. The van der Waals surface area contributed by atoms with Crippen LogP contribution in [0.2, 0.25) is 0 Å². The normalized spacial score (nSPS) is 14.6. The highest BCUT2D eigenvalue weighted by molar-refractivity contribution is 7.26. The summed E-state index contributed by atoms with van der Waals surface area (Å²) in [5, 5.41) is 24.8. The Morgan fingerprint density at radius 3 is 2.40 bits per heavy atom. The maximum absolute atomic E-state index is 13.3. The smallest absolute Gasteiger partial charge is 0.238 e. The fraction of sp³-hybridized carbons (Fsp3) is 0.333. The van der Waals surface area contributed by atoms with Crippen molar-refractivity contribution in [3.8, 4) is 11.1 Å². The topological polar surface area (TPSA) is 109 Å². The van der Waals surface area contributed by atoms with Crippen LogP contribution < -0.4 is 15.6 Å². The van der Waals surface area contributed by atoms with E-state index in [4.69, 9.17) is 4.42 Å². The van der Waals surface area contributed by atoms with E-state index in [1.165, 1.54) is 6.07 Å². The number of amides is 1. The molecule has 3 N–H and O–H groups in total. The second kappa shape index (κ2) is 12.8. The number of aliphatic hydroxyl groups is 2. The Balaban J connectivity index is 1.43. The summed E-state index contributed by atoms with van der Waals surface area (Å²) in [7, 11) is 0. The van der Waals surface area contributed by atoms with Gasteiger partial charge in [0.25, 0.3) is 0 Å². The van der Waals surface area contributed by atoms with Crippen molar-refractivity contribution in [1.82, 2.24) is 9.80 Å². The number of benzene rings is 3. The number of anilines is 2. The zero-order valence-corrected chi connectivity index (χ0v) is 25.0. The van der Waals surface area contributed by atoms with Gasteiger partial charge in [0.1, 0.15) is 5.58 Å². The number of likely N-dealkylation sites (N-methyl/N-ethyl adjacent to an activating group) is 1. The van der Waals surface area contributed by atoms with E-state index in [0.29, 0.717) is 23.4 Å². The molecule has 0 saturated carbocycles. The van der Waals surface area contributed by atoms with Gasteiger partial charge in [0.2, 0.25) is 5.91 Å². The molecule has 0 unspecified atom stereocenters. The molecule has 3 heterocycles. The molecule has 1 aliphatic rings. The average molecular weight is 601 g/mol. The summed E-state index contributed by atoms with van der Waals surface area (Å²) in [4.78, 5) is 32.7. The molecule has 2 aromatic heterocycles. The van der Waals surface area contributed by atoms with Gasteiger partial charge in [-0.05, 0) is 24.7 Å². The molecule has 0 atom stereocenters. The maximum Gasteiger partial charge on any atom is 0.238 e. The summed E-state index contributed by atoms with van der Waals surface area (Å²) in [5.74, 6) is 0.257. The van der Waals surface area contributed by atoms with Gasteiger partial charge >= 0.3 is 0 Å². The van der Waals surface area contributed by atoms with Crippen LogP contribution in [0, 0.1) is 0 Å². The maximum atomic E-state index is 13.3. The third-order valence-electron chi connectivity index (χ3n) is 8.16. The molecule has 3 aromatic carbocycles. The van der Waals surface area contributed by atoms with Crippen molar-refractivity contribution in [1.29, 1.82) is 0 Å². The first-order valence-electron chi connectivity index (χ1n) is 14.7. The SMILES string of the molecule is CCN1CCN(CC(=O)Nc2ccc(-c3cccc4c(=O)cc(N(CCO)CCO)oc34)c3sc4ccccc4c23)CC1. The molecular weight excluding hydrogens is 564 g/mol. The zero-order valence-electron chi connectivity index (χ0n) is 24.2. The molecule has 6 rings (SSSR count). The van der Waals surface area contributed by atoms with Crippen LogP contribution in [-0.4, -0.2) is 91.5 Å². The van der Waals surface area contributed by atoms with Crippen LogP contribution in [0.15, 0.2) is 69.9 Å². The first-order chi connectivity index (χ1) is 21.0. The number of para-hydroxylation sites is 1. The summed E-state index contributed by atoms with van der Waals surface area (Å²) in [6.45, 7) is 7.38. The molecule has 1 fully saturated rings. The highest BCUT2D eigenvalue weighted by Gasteiger charge is 2.22. The number of fused-ring (bicyclic) bond motifs is 4. The van der Waals surface area contributed by atoms with Gasteiger partial charge < -0.3 is 29.7 Å². The molecule has 0 spiro atoms. The molecule has 1 amide bonds. The highest BCUT2D eigenvalue weighted by Crippen LogP contribution is 2.45. The van der Waals surface area contributed by atoms with Crippen LogP contribution in [0.5, 0.6) is 0 Å². The molecule has 224 valence electrons. The Morgan fingerprint density at radius 2 is 1.65 bits per heavy atom. The fourth-order valence-corrected chi connectivity index (χ4v) is 7.16. The summed E-state index contributed by atoms with van der Waals surface area (Å²) in [6.07, 6.45) is 0. The molecule has 0 radical (unpaired) electrons. The van der Waals surface area contributed by atoms with Crippen LogP contribution in [-0.2, 0) is 4.79 Å². The van der Waals surface area contributed by atoms with Gasteiger partial charge in [-0.3, -0.25) is 14.5 Å². The van der Waals surface area contributed by atoms with Crippen LogP contribution >= 0.6 is 11.3 Å². The first-order valence-corrected chi connectivity index (χ1v) is 15.5. The molecule has 10 heteroatoms. The lowest BCUT2D eigenvalue weighted by Crippen LogP contribution is -2.48. The van der Waals surface area contributed by atoms with Crippen molar-refractivity contribution in [2.75, 3.05) is 75.8 Å². The first kappa shape index (κ1) is 29.3. The van der Waals surface area contributed by atoms with Crippen molar-refractivity contribution < 1.29 is 19.4 Å². The van der Waals surface area contributed by atoms with E-state index in [1.54, 1.807) is 22.3 Å². The van der Waals surface area contributed by atoms with Gasteiger partial charge in [-0.15, -0.1) is 11.3 Å². The number of hydrogen-bond donors (Lipinski definition) is 3. The minimum absolute atomic E-state index is 0.0389. The number of carbonyl (C=O) groups excluding carboxylic acids is 1. The summed E-state index contributed by atoms with van der Waals surface area (Å²) in [6, 6.07) is 19.0. The van der Waals surface area contributed by atoms with Gasteiger partial charge in [-0.1, -0.05) is 43.3 Å². The lowest BCUT2D eigenvalue weighted by atomic mass is 9.99. The van der Waals surface area contributed by atoms with Gasteiger partial charge in [0.05, 0.1) is 30.8 Å². The number of nitrogens with zero attached hydrogens (tertiary/aromatic N) is 3. The number of nitrogens with one attached hydrogen (secondary N) is 1. The Labute approximate surface area is 253 Å². The van der Waals surface area contributed by atoms with E-state index < -0.39 is 0 Å². The zero-order chi connectivity index (χ0) is 29.9. The second-order valence-corrected chi connectivity index (χ2v) is 11.8. The van der Waals surface area contributed by atoms with Crippen molar-refractivity contribution in [2.45, 2.75) is 6.92 Å². The molecule has 5 aromatic rings. The van der Waals surface area contributed by atoms with Crippen LogP contribution in [0.1, 0.15) is 6.92 Å². The van der Waals surface area contributed by atoms with Gasteiger partial charge in [0.15, 0.2) is 11.3 Å². The Kier molecular flexibility index (Phi) is 8.73. The van der Waals surface area contributed by atoms with E-state index in [2.05, 4.69) is 34.2 Å². The standard InChI is InChI=1S/C33H36N4O5S/c1-2-35-12-14-36(15-13-35)21-29(41)34-26-11-10-23(33-31(26)25-6-3-4-9-28(25)43-33)22-7-5-8-24-27(40)20-30(42-32(22)24)37(16-18-38)17-19-39/h3-11,20,38-39H,2,12-19,21H2,1H3,(H,34,41). The van der Waals surface area contributed by atoms with Crippen molar-refractivity contribution in [2.24, 2.45) is 0 Å². The molecule has 9 nitrogen and oxygen atoms in total. The number of carbonyl (C=O) groups is 1. The van der Waals surface area contributed by atoms with Crippen LogP contribution in [0.4, 0.5) is 11.6 Å². The second-order valence-electron chi connectivity index (χ2n) is 10.8. The van der Waals surface area contributed by atoms with E-state index in [9.17, 15) is 19.8 Å². The third kappa shape index (κ3) is 5.89. The molecule has 1 aliphatic heterocycles. The third-order valence-corrected chi connectivity index (χ3v) is 9.37. The summed E-state index contributed by atoms with van der Waals surface area (Å²) < 4.78 is 8.42. The Morgan fingerprint density at radius 1 is 0.930 bits per heavy atom. The molecule has 43 heavy (non-hydrogen) atoms. The number of hydrogen-bond acceptors (Lipinski definition) is 9. The highest BCUT2D eigenvalue weighted by atomic mass is 32.1. The predicted octanol–water partition coefficient (Wildman–Crippen LogP) is 4.19. The quantitative estimate of drug-likeness (QED) is 0.219. The monoisotopic (exact) mass is 600 g/mol. The van der Waals surface area contributed by atoms with E-state index in [0.717, 1.165) is 69.7 Å². The lowest BCUT2D eigenvalue weighted by Gasteiger charge is -2.33. The van der Waals surface area contributed by atoms with E-state index in [1.807, 2.05) is 36.4 Å². The lowest BCUT2D eigenvalue weighted by molar-refractivity contribution is -0.117. The number of thiophene rings is 1. The van der Waals surface area contributed by atoms with Gasteiger partial charge in [0, 0.05) is 76.6 Å². The summed E-state index contributed by atoms with van der Waals surface area (Å²) in [5.41, 5.74) is 2.65. The van der Waals surface area contributed by atoms with Crippen LogP contribution in [0.25, 0.3) is 42.3 Å². The average Bonchev–Trinajstić information content (AvgIpc) is 3.41. The Bertz CT molecular complexity index is 1820. The minimum Gasteiger partial charge on any atom is -0.440 e. The Hall–Kier alpha value is -3.80. The van der Waals surface area contributed by atoms with Crippen molar-refractivity contribution in [3.63, 3.8) is 0 Å². The van der Waals surface area contributed by atoms with Gasteiger partial charge in [-0.2, -0.15) is 0 Å². The minimum atomic E-state index is -0.199. The summed E-state index contributed by atoms with van der Waals surface area (Å²) >= 11 is 1.64. The molecule has 0 bridgehead atoms. The molecular formula is C33H36N4O5S. The number of aliphatic hydroxyl groups excluding tert-OH is 2. The number of piperazine rings is 1. The van der Waals surface area contributed by atoms with E-state index in [-0.39, 0.29) is 37.6 Å². The predicted molar refractivity (Wildman–Crippen MR) is 174 cm³/mol. The fourth-order valence-electron chi connectivity index (χ4n) is 5.91. The van der Waals surface area contributed by atoms with Gasteiger partial charge in [-0.25, -0.2) is 0 Å². The number of rotatable bonds is 10. The van der Waals surface area contributed by atoms with Crippen molar-refractivity contribution in [3.05, 3.63) is 70.9 Å².